The Bertz CT molecular complexity index is 736. The van der Waals surface area contributed by atoms with E-state index in [1.54, 1.807) is 26.4 Å². The number of halogens is 2. The molecule has 2 rings (SSSR count). The average molecular weight is 401 g/mol. The lowest BCUT2D eigenvalue weighted by molar-refractivity contribution is 0.0697. The normalized spacial score (nSPS) is 10.3. The summed E-state index contributed by atoms with van der Waals surface area (Å²) in [5.74, 6) is 0.164. The van der Waals surface area contributed by atoms with Crippen molar-refractivity contribution in [2.75, 3.05) is 19.5 Å². The van der Waals surface area contributed by atoms with Crippen molar-refractivity contribution in [1.29, 1.82) is 0 Å². The lowest BCUT2D eigenvalue weighted by Gasteiger charge is -2.15. The Balaban J connectivity index is 2.26. The molecule has 0 saturated heterocycles. The third kappa shape index (κ3) is 4.09. The van der Waals surface area contributed by atoms with Gasteiger partial charge in [-0.2, -0.15) is 0 Å². The molecule has 0 spiro atoms. The molecule has 0 atom stereocenters. The van der Waals surface area contributed by atoms with Crippen molar-refractivity contribution in [2.45, 2.75) is 6.54 Å². The molecule has 7 heteroatoms. The first kappa shape index (κ1) is 17.4. The molecule has 0 aliphatic rings. The quantitative estimate of drug-likeness (QED) is 0.751. The summed E-state index contributed by atoms with van der Waals surface area (Å²) < 4.78 is 11.5. The van der Waals surface area contributed by atoms with Gasteiger partial charge < -0.3 is 19.9 Å². The third-order valence-electron chi connectivity index (χ3n) is 3.20. The highest BCUT2D eigenvalue weighted by atomic mass is 79.9. The lowest BCUT2D eigenvalue weighted by Crippen LogP contribution is -2.05. The summed E-state index contributed by atoms with van der Waals surface area (Å²) in [6.07, 6.45) is 0. The first-order chi connectivity index (χ1) is 11.0. The number of benzene rings is 2. The standard InChI is InChI=1S/C16H15BrClNO4/c1-22-14-6-10(17)5-9(15(14)23-2)8-19-11-3-4-13(18)12(7-11)16(20)21/h3-7,19H,8H2,1-2H3,(H,20,21). The molecule has 0 aromatic heterocycles. The molecular weight excluding hydrogens is 386 g/mol. The summed E-state index contributed by atoms with van der Waals surface area (Å²) in [6, 6.07) is 8.48. The van der Waals surface area contributed by atoms with Crippen LogP contribution in [0.5, 0.6) is 11.5 Å². The fourth-order valence-electron chi connectivity index (χ4n) is 2.13. The smallest absolute Gasteiger partial charge is 0.337 e. The lowest BCUT2D eigenvalue weighted by atomic mass is 10.1. The molecule has 23 heavy (non-hydrogen) atoms. The van der Waals surface area contributed by atoms with Crippen LogP contribution in [0.3, 0.4) is 0 Å². The summed E-state index contributed by atoms with van der Waals surface area (Å²) in [7, 11) is 3.14. The fourth-order valence-corrected chi connectivity index (χ4v) is 2.82. The van der Waals surface area contributed by atoms with Crippen molar-refractivity contribution in [3.63, 3.8) is 0 Å². The van der Waals surface area contributed by atoms with Crippen molar-refractivity contribution in [3.8, 4) is 11.5 Å². The van der Waals surface area contributed by atoms with Crippen LogP contribution in [-0.4, -0.2) is 25.3 Å². The van der Waals surface area contributed by atoms with Crippen LogP contribution in [-0.2, 0) is 6.54 Å². The van der Waals surface area contributed by atoms with Crippen molar-refractivity contribution < 1.29 is 19.4 Å². The number of nitrogens with one attached hydrogen (secondary N) is 1. The molecule has 0 amide bonds. The van der Waals surface area contributed by atoms with Gasteiger partial charge in [-0.3, -0.25) is 0 Å². The number of hydrogen-bond donors (Lipinski definition) is 2. The van der Waals surface area contributed by atoms with E-state index >= 15 is 0 Å². The van der Waals surface area contributed by atoms with Crippen LogP contribution in [0.25, 0.3) is 0 Å². The van der Waals surface area contributed by atoms with E-state index in [0.29, 0.717) is 23.7 Å². The zero-order chi connectivity index (χ0) is 17.0. The van der Waals surface area contributed by atoms with E-state index in [-0.39, 0.29) is 10.6 Å². The van der Waals surface area contributed by atoms with Crippen LogP contribution in [0.4, 0.5) is 5.69 Å². The first-order valence-electron chi connectivity index (χ1n) is 6.63. The maximum atomic E-state index is 11.1. The Labute approximate surface area is 147 Å². The number of hydrogen-bond acceptors (Lipinski definition) is 4. The number of methoxy groups -OCH3 is 2. The second-order valence-electron chi connectivity index (χ2n) is 4.65. The number of carboxylic acid groups (broad SMARTS) is 1. The largest absolute Gasteiger partial charge is 0.493 e. The van der Waals surface area contributed by atoms with Gasteiger partial charge >= 0.3 is 5.97 Å². The molecule has 2 N–H and O–H groups in total. The molecule has 0 fully saturated rings. The molecule has 122 valence electrons. The van der Waals surface area contributed by atoms with Gasteiger partial charge in [-0.05, 0) is 30.3 Å². The van der Waals surface area contributed by atoms with E-state index in [2.05, 4.69) is 21.2 Å². The van der Waals surface area contributed by atoms with Gasteiger partial charge in [0.1, 0.15) is 0 Å². The second kappa shape index (κ2) is 7.57. The SMILES string of the molecule is COc1cc(Br)cc(CNc2ccc(Cl)c(C(=O)O)c2)c1OC. The van der Waals surface area contributed by atoms with Gasteiger partial charge in [0.2, 0.25) is 0 Å². The first-order valence-corrected chi connectivity index (χ1v) is 7.80. The number of rotatable bonds is 6. The van der Waals surface area contributed by atoms with Crippen molar-refractivity contribution in [3.05, 3.63) is 51.0 Å². The average Bonchev–Trinajstić information content (AvgIpc) is 2.53. The van der Waals surface area contributed by atoms with Crippen LogP contribution in [0.15, 0.2) is 34.8 Å². The Morgan fingerprint density at radius 2 is 2.00 bits per heavy atom. The molecule has 0 radical (unpaired) electrons. The van der Waals surface area contributed by atoms with Crippen molar-refractivity contribution in [1.82, 2.24) is 0 Å². The Morgan fingerprint density at radius 1 is 1.26 bits per heavy atom. The molecule has 0 saturated carbocycles. The van der Waals surface area contributed by atoms with E-state index < -0.39 is 5.97 Å². The van der Waals surface area contributed by atoms with E-state index in [4.69, 9.17) is 26.2 Å². The number of carbonyl (C=O) groups is 1. The summed E-state index contributed by atoms with van der Waals surface area (Å²) in [4.78, 5) is 11.1. The number of ether oxygens (including phenoxy) is 2. The monoisotopic (exact) mass is 399 g/mol. The van der Waals surface area contributed by atoms with Gasteiger partial charge in [0.05, 0.1) is 24.8 Å². The van der Waals surface area contributed by atoms with Gasteiger partial charge in [0.15, 0.2) is 11.5 Å². The third-order valence-corrected chi connectivity index (χ3v) is 3.99. The number of anilines is 1. The van der Waals surface area contributed by atoms with Crippen molar-refractivity contribution in [2.24, 2.45) is 0 Å². The molecule has 0 bridgehead atoms. The van der Waals surface area contributed by atoms with Gasteiger partial charge in [-0.15, -0.1) is 0 Å². The second-order valence-corrected chi connectivity index (χ2v) is 5.98. The Hall–Kier alpha value is -1.92. The van der Waals surface area contributed by atoms with E-state index in [9.17, 15) is 4.79 Å². The molecule has 5 nitrogen and oxygen atoms in total. The van der Waals surface area contributed by atoms with Crippen LogP contribution in [0.2, 0.25) is 5.02 Å². The van der Waals surface area contributed by atoms with E-state index in [0.717, 1.165) is 10.0 Å². The summed E-state index contributed by atoms with van der Waals surface area (Å²) in [5, 5.41) is 12.5. The summed E-state index contributed by atoms with van der Waals surface area (Å²) >= 11 is 9.29. The van der Waals surface area contributed by atoms with Gasteiger partial charge in [0.25, 0.3) is 0 Å². The molecular formula is C16H15BrClNO4. The van der Waals surface area contributed by atoms with E-state index in [1.807, 2.05) is 12.1 Å². The number of aromatic carboxylic acids is 1. The molecule has 0 unspecified atom stereocenters. The minimum Gasteiger partial charge on any atom is -0.493 e. The molecule has 2 aromatic carbocycles. The minimum absolute atomic E-state index is 0.0513. The summed E-state index contributed by atoms with van der Waals surface area (Å²) in [6.45, 7) is 0.430. The van der Waals surface area contributed by atoms with E-state index in [1.165, 1.54) is 6.07 Å². The maximum Gasteiger partial charge on any atom is 0.337 e. The Kier molecular flexibility index (Phi) is 5.74. The fraction of sp³-hybridized carbons (Fsp3) is 0.188. The van der Waals surface area contributed by atoms with Crippen LogP contribution in [0, 0.1) is 0 Å². The van der Waals surface area contributed by atoms with Crippen molar-refractivity contribution >= 4 is 39.2 Å². The summed E-state index contributed by atoms with van der Waals surface area (Å²) in [5.41, 5.74) is 1.56. The molecule has 0 aliphatic heterocycles. The molecule has 2 aromatic rings. The maximum absolute atomic E-state index is 11.1. The number of carboxylic acids is 1. The van der Waals surface area contributed by atoms with Crippen LogP contribution in [0.1, 0.15) is 15.9 Å². The van der Waals surface area contributed by atoms with Gasteiger partial charge in [-0.1, -0.05) is 27.5 Å². The molecule has 0 aliphatic carbocycles. The zero-order valence-corrected chi connectivity index (χ0v) is 14.9. The highest BCUT2D eigenvalue weighted by Gasteiger charge is 2.13. The van der Waals surface area contributed by atoms with Crippen LogP contribution < -0.4 is 14.8 Å². The topological polar surface area (TPSA) is 67.8 Å². The highest BCUT2D eigenvalue weighted by molar-refractivity contribution is 9.10. The minimum atomic E-state index is -1.07. The van der Waals surface area contributed by atoms with Crippen LogP contribution >= 0.6 is 27.5 Å². The predicted molar refractivity (Wildman–Crippen MR) is 93.0 cm³/mol. The molecule has 0 heterocycles. The zero-order valence-electron chi connectivity index (χ0n) is 12.5. The van der Waals surface area contributed by atoms with Gasteiger partial charge in [0, 0.05) is 22.3 Å². The predicted octanol–water partition coefficient (Wildman–Crippen LogP) is 4.43. The van der Waals surface area contributed by atoms with Gasteiger partial charge in [-0.25, -0.2) is 4.79 Å². The Morgan fingerprint density at radius 3 is 2.61 bits per heavy atom. The highest BCUT2D eigenvalue weighted by Crippen LogP contribution is 2.35.